The summed E-state index contributed by atoms with van der Waals surface area (Å²) in [6, 6.07) is 4.64. The second kappa shape index (κ2) is 8.43. The Bertz CT molecular complexity index is 527. The van der Waals surface area contributed by atoms with Gasteiger partial charge in [-0.15, -0.1) is 24.0 Å². The molecule has 130 valence electrons. The maximum absolute atomic E-state index is 6.19. The van der Waals surface area contributed by atoms with Crippen molar-refractivity contribution in [2.24, 2.45) is 5.92 Å². The van der Waals surface area contributed by atoms with Gasteiger partial charge in [-0.25, -0.2) is 0 Å². The second-order valence-corrected chi connectivity index (χ2v) is 6.09. The van der Waals surface area contributed by atoms with Crippen molar-refractivity contribution >= 4 is 24.0 Å². The van der Waals surface area contributed by atoms with Crippen LogP contribution in [0.4, 0.5) is 0 Å². The summed E-state index contributed by atoms with van der Waals surface area (Å²) in [6.45, 7) is 7.69. The zero-order valence-electron chi connectivity index (χ0n) is 13.7. The van der Waals surface area contributed by atoms with Crippen LogP contribution in [0.15, 0.2) is 12.1 Å². The zero-order valence-corrected chi connectivity index (χ0v) is 15.3. The number of halogens is 2. The third-order valence-corrected chi connectivity index (χ3v) is 4.82. The molecule has 23 heavy (non-hydrogen) atoms. The van der Waals surface area contributed by atoms with Gasteiger partial charge in [0.15, 0.2) is 11.5 Å². The molecule has 0 aromatic heterocycles. The smallest absolute Gasteiger partial charge is 0.161 e. The van der Waals surface area contributed by atoms with E-state index in [1.165, 1.54) is 11.1 Å². The molecule has 3 rings (SSSR count). The first-order chi connectivity index (χ1) is 10.8. The van der Waals surface area contributed by atoms with Crippen molar-refractivity contribution in [2.45, 2.75) is 26.3 Å². The van der Waals surface area contributed by atoms with E-state index in [0.29, 0.717) is 37.8 Å². The van der Waals surface area contributed by atoms with Crippen LogP contribution in [0.1, 0.15) is 31.0 Å². The third kappa shape index (κ3) is 3.71. The van der Waals surface area contributed by atoms with Crippen LogP contribution in [0.2, 0.25) is 0 Å². The van der Waals surface area contributed by atoms with Crippen LogP contribution in [0, 0.1) is 5.92 Å². The van der Waals surface area contributed by atoms with E-state index >= 15 is 0 Å². The van der Waals surface area contributed by atoms with Crippen molar-refractivity contribution in [3.8, 4) is 11.5 Å². The highest BCUT2D eigenvalue weighted by Gasteiger charge is 2.37. The molecule has 2 unspecified atom stereocenters. The Morgan fingerprint density at radius 2 is 1.91 bits per heavy atom. The van der Waals surface area contributed by atoms with Gasteiger partial charge >= 0.3 is 0 Å². The highest BCUT2D eigenvalue weighted by Crippen LogP contribution is 2.43. The van der Waals surface area contributed by atoms with Gasteiger partial charge in [0.25, 0.3) is 0 Å². The lowest BCUT2D eigenvalue weighted by Crippen LogP contribution is -2.46. The average molecular weight is 362 g/mol. The van der Waals surface area contributed by atoms with Crippen LogP contribution in [0.3, 0.4) is 0 Å². The lowest BCUT2D eigenvalue weighted by molar-refractivity contribution is -0.0827. The molecule has 2 heterocycles. The molecule has 1 aromatic rings. The molecule has 1 fully saturated rings. The second-order valence-electron chi connectivity index (χ2n) is 5.79. The van der Waals surface area contributed by atoms with E-state index in [9.17, 15) is 0 Å². The van der Waals surface area contributed by atoms with E-state index in [0.717, 1.165) is 31.1 Å². The molecule has 6 heteroatoms. The summed E-state index contributed by atoms with van der Waals surface area (Å²) >= 11 is 6.19. The van der Waals surface area contributed by atoms with E-state index in [1.54, 1.807) is 0 Å². The predicted molar refractivity (Wildman–Crippen MR) is 94.2 cm³/mol. The molecule has 0 aliphatic carbocycles. The first kappa shape index (κ1) is 18.7. The predicted octanol–water partition coefficient (Wildman–Crippen LogP) is 3.65. The van der Waals surface area contributed by atoms with Gasteiger partial charge < -0.3 is 14.2 Å². The van der Waals surface area contributed by atoms with Crippen LogP contribution < -0.4 is 9.47 Å². The number of alkyl halides is 1. The Kier molecular flexibility index (Phi) is 6.84. The molecule has 1 saturated heterocycles. The molecule has 0 N–H and O–H groups in total. The summed E-state index contributed by atoms with van der Waals surface area (Å²) in [5, 5.41) is 0. The SMILES string of the molecule is CCOc1cc2c(cc1OCC)C1C(CCl)COCN1CC2.Cl. The summed E-state index contributed by atoms with van der Waals surface area (Å²) in [7, 11) is 0. The van der Waals surface area contributed by atoms with Gasteiger partial charge in [-0.2, -0.15) is 0 Å². The molecule has 2 aliphatic heterocycles. The highest BCUT2D eigenvalue weighted by molar-refractivity contribution is 6.18. The summed E-state index contributed by atoms with van der Waals surface area (Å²) in [4.78, 5) is 2.38. The lowest BCUT2D eigenvalue weighted by atomic mass is 9.85. The molecule has 0 saturated carbocycles. The van der Waals surface area contributed by atoms with E-state index < -0.39 is 0 Å². The zero-order chi connectivity index (χ0) is 15.5. The van der Waals surface area contributed by atoms with Crippen LogP contribution in [-0.2, 0) is 11.2 Å². The van der Waals surface area contributed by atoms with E-state index in [1.807, 2.05) is 13.8 Å². The molecule has 0 spiro atoms. The summed E-state index contributed by atoms with van der Waals surface area (Å²) in [6.07, 6.45) is 1.01. The Balaban J connectivity index is 0.00000192. The molecule has 0 amide bonds. The largest absolute Gasteiger partial charge is 0.490 e. The molecule has 0 radical (unpaired) electrons. The van der Waals surface area contributed by atoms with Gasteiger partial charge in [0.2, 0.25) is 0 Å². The monoisotopic (exact) mass is 361 g/mol. The number of nitrogens with zero attached hydrogens (tertiary/aromatic N) is 1. The van der Waals surface area contributed by atoms with Gasteiger partial charge in [0.1, 0.15) is 0 Å². The van der Waals surface area contributed by atoms with Crippen molar-refractivity contribution in [1.82, 2.24) is 4.90 Å². The highest BCUT2D eigenvalue weighted by atomic mass is 35.5. The van der Waals surface area contributed by atoms with Crippen LogP contribution in [0.25, 0.3) is 0 Å². The van der Waals surface area contributed by atoms with Gasteiger partial charge in [0, 0.05) is 24.4 Å². The minimum Gasteiger partial charge on any atom is -0.490 e. The normalized spacial score (nSPS) is 23.4. The first-order valence-electron chi connectivity index (χ1n) is 8.08. The van der Waals surface area contributed by atoms with E-state index in [2.05, 4.69) is 17.0 Å². The Morgan fingerprint density at radius 1 is 1.22 bits per heavy atom. The van der Waals surface area contributed by atoms with E-state index in [4.69, 9.17) is 25.8 Å². The maximum atomic E-state index is 6.19. The number of hydrogen-bond donors (Lipinski definition) is 0. The summed E-state index contributed by atoms with van der Waals surface area (Å²) in [5.74, 6) is 2.62. The van der Waals surface area contributed by atoms with Gasteiger partial charge in [-0.05, 0) is 43.5 Å². The van der Waals surface area contributed by atoms with Gasteiger partial charge in [-0.1, -0.05) is 0 Å². The van der Waals surface area contributed by atoms with Crippen molar-refractivity contribution < 1.29 is 14.2 Å². The van der Waals surface area contributed by atoms with Gasteiger partial charge in [0.05, 0.1) is 26.6 Å². The van der Waals surface area contributed by atoms with Crippen molar-refractivity contribution in [3.63, 3.8) is 0 Å². The molecular formula is C17H25Cl2NO3. The van der Waals surface area contributed by atoms with Crippen LogP contribution >= 0.6 is 24.0 Å². The fraction of sp³-hybridized carbons (Fsp3) is 0.647. The third-order valence-electron chi connectivity index (χ3n) is 4.42. The van der Waals surface area contributed by atoms with Crippen molar-refractivity contribution in [2.75, 3.05) is 39.0 Å². The lowest BCUT2D eigenvalue weighted by Gasteiger charge is -2.44. The molecule has 2 atom stereocenters. The molecular weight excluding hydrogens is 337 g/mol. The number of hydrogen-bond acceptors (Lipinski definition) is 4. The Morgan fingerprint density at radius 3 is 2.57 bits per heavy atom. The van der Waals surface area contributed by atoms with E-state index in [-0.39, 0.29) is 12.4 Å². The molecule has 4 nitrogen and oxygen atoms in total. The molecule has 0 bridgehead atoms. The van der Waals surface area contributed by atoms with Gasteiger partial charge in [-0.3, -0.25) is 4.90 Å². The Labute approximate surface area is 149 Å². The maximum Gasteiger partial charge on any atom is 0.161 e. The van der Waals surface area contributed by atoms with Crippen molar-refractivity contribution in [3.05, 3.63) is 23.3 Å². The minimum absolute atomic E-state index is 0. The van der Waals surface area contributed by atoms with Crippen LogP contribution in [0.5, 0.6) is 11.5 Å². The number of fused-ring (bicyclic) bond motifs is 3. The van der Waals surface area contributed by atoms with Crippen LogP contribution in [-0.4, -0.2) is 43.9 Å². The summed E-state index contributed by atoms with van der Waals surface area (Å²) < 4.78 is 17.2. The fourth-order valence-corrected chi connectivity index (χ4v) is 3.74. The number of benzene rings is 1. The fourth-order valence-electron chi connectivity index (χ4n) is 3.48. The molecule has 2 aliphatic rings. The minimum atomic E-state index is 0. The summed E-state index contributed by atoms with van der Waals surface area (Å²) in [5.41, 5.74) is 2.68. The quantitative estimate of drug-likeness (QED) is 0.749. The Hall–Kier alpha value is -0.680. The molecule has 1 aromatic carbocycles. The average Bonchev–Trinajstić information content (AvgIpc) is 2.55. The number of ether oxygens (including phenoxy) is 3. The number of rotatable bonds is 5. The standard InChI is InChI=1S/C17H24ClNO3.ClH/c1-3-21-15-7-12-5-6-19-11-20-10-13(9-18)17(19)14(12)8-16(15)22-4-2;/h7-8,13,17H,3-6,9-11H2,1-2H3;1H. The topological polar surface area (TPSA) is 30.9 Å². The first-order valence-corrected chi connectivity index (χ1v) is 8.62. The van der Waals surface area contributed by atoms with Crippen molar-refractivity contribution in [1.29, 1.82) is 0 Å².